The van der Waals surface area contributed by atoms with Crippen molar-refractivity contribution in [3.63, 3.8) is 0 Å². The van der Waals surface area contributed by atoms with Gasteiger partial charge >= 0.3 is 0 Å². The fourth-order valence-electron chi connectivity index (χ4n) is 2.11. The van der Waals surface area contributed by atoms with Crippen molar-refractivity contribution >= 4 is 0 Å². The molecule has 0 spiro atoms. The first-order valence-corrected chi connectivity index (χ1v) is 7.32. The van der Waals surface area contributed by atoms with E-state index in [1.54, 1.807) is 0 Å². The van der Waals surface area contributed by atoms with Crippen LogP contribution in [-0.2, 0) is 11.8 Å². The Labute approximate surface area is 117 Å². The fraction of sp³-hybridized carbons (Fsp3) is 0.647. The summed E-state index contributed by atoms with van der Waals surface area (Å²) in [5.74, 6) is 0.903. The summed E-state index contributed by atoms with van der Waals surface area (Å²) < 4.78 is 5.83. The molecule has 0 heterocycles. The van der Waals surface area contributed by atoms with E-state index < -0.39 is 0 Å². The number of aliphatic hydroxyl groups excluding tert-OH is 1. The molecule has 0 radical (unpaired) electrons. The summed E-state index contributed by atoms with van der Waals surface area (Å²) in [4.78, 5) is 0. The zero-order valence-electron chi connectivity index (χ0n) is 13.0. The van der Waals surface area contributed by atoms with Gasteiger partial charge in [0.25, 0.3) is 0 Å². The van der Waals surface area contributed by atoms with Gasteiger partial charge in [0.2, 0.25) is 0 Å². The van der Waals surface area contributed by atoms with Crippen molar-refractivity contribution in [3.8, 4) is 5.75 Å². The molecule has 1 atom stereocenters. The van der Waals surface area contributed by atoms with Crippen LogP contribution in [0.3, 0.4) is 0 Å². The Morgan fingerprint density at radius 1 is 1.21 bits per heavy atom. The third kappa shape index (κ3) is 4.87. The molecule has 0 amide bonds. The molecule has 1 aromatic rings. The Balaban J connectivity index is 2.87. The molecule has 0 fully saturated rings. The van der Waals surface area contributed by atoms with Crippen LogP contribution >= 0.6 is 0 Å². The molecule has 2 heteroatoms. The van der Waals surface area contributed by atoms with Crippen LogP contribution in [0.15, 0.2) is 18.2 Å². The first-order valence-electron chi connectivity index (χ1n) is 7.32. The van der Waals surface area contributed by atoms with Crippen molar-refractivity contribution in [1.29, 1.82) is 0 Å². The van der Waals surface area contributed by atoms with Gasteiger partial charge in [-0.15, -0.1) is 0 Å². The molecule has 0 aliphatic rings. The number of ether oxygens (including phenoxy) is 1. The predicted molar refractivity (Wildman–Crippen MR) is 80.9 cm³/mol. The second-order valence-electron chi connectivity index (χ2n) is 6.19. The van der Waals surface area contributed by atoms with E-state index in [4.69, 9.17) is 4.74 Å². The highest BCUT2D eigenvalue weighted by Gasteiger charge is 2.20. The molecule has 19 heavy (non-hydrogen) atoms. The van der Waals surface area contributed by atoms with Crippen molar-refractivity contribution in [1.82, 2.24) is 0 Å². The number of hydrogen-bond donors (Lipinski definition) is 1. The standard InChI is InChI=1S/C17H28O2/c1-6-8-14(18)12-19-16-10-9-13(7-2)11-15(16)17(3,4)5/h9-11,14,18H,6-8,12H2,1-5H3. The van der Waals surface area contributed by atoms with Gasteiger partial charge < -0.3 is 9.84 Å². The summed E-state index contributed by atoms with van der Waals surface area (Å²) in [6.07, 6.45) is 2.43. The molecule has 0 saturated carbocycles. The summed E-state index contributed by atoms with van der Waals surface area (Å²) in [5, 5.41) is 9.78. The second kappa shape index (κ2) is 6.95. The van der Waals surface area contributed by atoms with Crippen LogP contribution in [0.25, 0.3) is 0 Å². The van der Waals surface area contributed by atoms with Gasteiger partial charge in [-0.1, -0.05) is 53.2 Å². The van der Waals surface area contributed by atoms with Crippen LogP contribution in [0, 0.1) is 0 Å². The predicted octanol–water partition coefficient (Wildman–Crippen LogP) is 4.09. The van der Waals surface area contributed by atoms with Crippen LogP contribution in [0.1, 0.15) is 58.6 Å². The van der Waals surface area contributed by atoms with Crippen molar-refractivity contribution in [2.75, 3.05) is 6.61 Å². The van der Waals surface area contributed by atoms with Gasteiger partial charge in [-0.2, -0.15) is 0 Å². The smallest absolute Gasteiger partial charge is 0.123 e. The molecule has 1 aromatic carbocycles. The van der Waals surface area contributed by atoms with Crippen LogP contribution in [0.5, 0.6) is 5.75 Å². The molecular formula is C17H28O2. The van der Waals surface area contributed by atoms with E-state index in [1.165, 1.54) is 11.1 Å². The number of benzene rings is 1. The highest BCUT2D eigenvalue weighted by molar-refractivity contribution is 5.41. The summed E-state index contributed by atoms with van der Waals surface area (Å²) >= 11 is 0. The molecule has 0 bridgehead atoms. The Morgan fingerprint density at radius 3 is 2.42 bits per heavy atom. The Kier molecular flexibility index (Phi) is 5.86. The molecular weight excluding hydrogens is 236 g/mol. The molecule has 0 aliphatic carbocycles. The lowest BCUT2D eigenvalue weighted by Crippen LogP contribution is -2.20. The van der Waals surface area contributed by atoms with Crippen LogP contribution in [0.4, 0.5) is 0 Å². The number of aliphatic hydroxyl groups is 1. The van der Waals surface area contributed by atoms with Crippen LogP contribution < -0.4 is 4.74 Å². The minimum atomic E-state index is -0.372. The Morgan fingerprint density at radius 2 is 1.89 bits per heavy atom. The maximum Gasteiger partial charge on any atom is 0.123 e. The maximum absolute atomic E-state index is 9.78. The first kappa shape index (κ1) is 16.0. The number of hydrogen-bond acceptors (Lipinski definition) is 2. The van der Waals surface area contributed by atoms with Crippen molar-refractivity contribution in [2.45, 2.75) is 65.4 Å². The number of aryl methyl sites for hydroxylation is 1. The Hall–Kier alpha value is -1.02. The second-order valence-corrected chi connectivity index (χ2v) is 6.19. The quantitative estimate of drug-likeness (QED) is 0.838. The van der Waals surface area contributed by atoms with Crippen LogP contribution in [-0.4, -0.2) is 17.8 Å². The lowest BCUT2D eigenvalue weighted by atomic mass is 9.85. The van der Waals surface area contributed by atoms with Gasteiger partial charge in [-0.3, -0.25) is 0 Å². The van der Waals surface area contributed by atoms with E-state index in [-0.39, 0.29) is 11.5 Å². The average molecular weight is 264 g/mol. The molecule has 0 saturated heterocycles. The van der Waals surface area contributed by atoms with E-state index in [2.05, 4.69) is 46.8 Å². The van der Waals surface area contributed by atoms with Crippen LogP contribution in [0.2, 0.25) is 0 Å². The van der Waals surface area contributed by atoms with E-state index in [0.29, 0.717) is 6.61 Å². The molecule has 1 unspecified atom stereocenters. The lowest BCUT2D eigenvalue weighted by molar-refractivity contribution is 0.0983. The first-order chi connectivity index (χ1) is 8.88. The van der Waals surface area contributed by atoms with Gasteiger partial charge in [0.1, 0.15) is 12.4 Å². The fourth-order valence-corrected chi connectivity index (χ4v) is 2.11. The van der Waals surface area contributed by atoms with E-state index in [0.717, 1.165) is 25.0 Å². The van der Waals surface area contributed by atoms with E-state index >= 15 is 0 Å². The molecule has 0 aliphatic heterocycles. The third-order valence-corrected chi connectivity index (χ3v) is 3.31. The largest absolute Gasteiger partial charge is 0.491 e. The van der Waals surface area contributed by atoms with Gasteiger partial charge in [-0.05, 0) is 35.4 Å². The number of rotatable bonds is 6. The van der Waals surface area contributed by atoms with Gasteiger partial charge in [-0.25, -0.2) is 0 Å². The van der Waals surface area contributed by atoms with Gasteiger partial charge in [0.15, 0.2) is 0 Å². The monoisotopic (exact) mass is 264 g/mol. The summed E-state index contributed by atoms with van der Waals surface area (Å²) in [7, 11) is 0. The minimum absolute atomic E-state index is 0.0518. The Bertz CT molecular complexity index is 391. The highest BCUT2D eigenvalue weighted by atomic mass is 16.5. The SMILES string of the molecule is CCCC(O)COc1ccc(CC)cc1C(C)(C)C. The topological polar surface area (TPSA) is 29.5 Å². The summed E-state index contributed by atoms with van der Waals surface area (Å²) in [6.45, 7) is 11.2. The van der Waals surface area contributed by atoms with Crippen molar-refractivity contribution in [3.05, 3.63) is 29.3 Å². The summed E-state index contributed by atoms with van der Waals surface area (Å²) in [5.41, 5.74) is 2.60. The van der Waals surface area contributed by atoms with E-state index in [1.807, 2.05) is 6.07 Å². The van der Waals surface area contributed by atoms with Crippen molar-refractivity contribution in [2.24, 2.45) is 0 Å². The normalized spacial score (nSPS) is 13.4. The highest BCUT2D eigenvalue weighted by Crippen LogP contribution is 2.32. The molecule has 108 valence electrons. The molecule has 0 aromatic heterocycles. The van der Waals surface area contributed by atoms with Gasteiger partial charge in [0.05, 0.1) is 6.10 Å². The molecule has 1 N–H and O–H groups in total. The third-order valence-electron chi connectivity index (χ3n) is 3.31. The maximum atomic E-state index is 9.78. The molecule has 2 nitrogen and oxygen atoms in total. The minimum Gasteiger partial charge on any atom is -0.491 e. The summed E-state index contributed by atoms with van der Waals surface area (Å²) in [6, 6.07) is 6.37. The van der Waals surface area contributed by atoms with E-state index in [9.17, 15) is 5.11 Å². The van der Waals surface area contributed by atoms with Crippen molar-refractivity contribution < 1.29 is 9.84 Å². The lowest BCUT2D eigenvalue weighted by Gasteiger charge is -2.24. The average Bonchev–Trinajstić information content (AvgIpc) is 2.35. The zero-order valence-corrected chi connectivity index (χ0v) is 13.0. The van der Waals surface area contributed by atoms with Gasteiger partial charge in [0, 0.05) is 0 Å². The molecule has 1 rings (SSSR count). The zero-order chi connectivity index (χ0) is 14.5.